The summed E-state index contributed by atoms with van der Waals surface area (Å²) in [5.41, 5.74) is 1.90. The largest absolute Gasteiger partial charge is 0.379 e. The third-order valence-electron chi connectivity index (χ3n) is 4.00. The molecular formula is C19H29N3O3. The van der Waals surface area contributed by atoms with Crippen LogP contribution in [-0.4, -0.2) is 61.9 Å². The number of nitrogens with zero attached hydrogens (tertiary/aromatic N) is 2. The molecule has 0 bridgehead atoms. The Hall–Kier alpha value is -1.89. The maximum Gasteiger partial charge on any atom is 0.253 e. The Bertz CT molecular complexity index is 682. The molecule has 0 fully saturated rings. The number of rotatable bonds is 10. The molecule has 0 spiro atoms. The van der Waals surface area contributed by atoms with Crippen molar-refractivity contribution in [2.75, 3.05) is 45.8 Å². The molecule has 0 radical (unpaired) electrons. The van der Waals surface area contributed by atoms with Gasteiger partial charge in [-0.1, -0.05) is 6.07 Å². The Kier molecular flexibility index (Phi) is 7.43. The van der Waals surface area contributed by atoms with Crippen molar-refractivity contribution in [1.29, 1.82) is 0 Å². The highest BCUT2D eigenvalue weighted by Crippen LogP contribution is 2.21. The monoisotopic (exact) mass is 347 g/mol. The van der Waals surface area contributed by atoms with E-state index in [-0.39, 0.29) is 5.91 Å². The lowest BCUT2D eigenvalue weighted by molar-refractivity contribution is -0.127. The molecule has 1 N–H and O–H groups in total. The van der Waals surface area contributed by atoms with Crippen LogP contribution in [0.4, 0.5) is 5.69 Å². The molecule has 0 aliphatic rings. The smallest absolute Gasteiger partial charge is 0.253 e. The first kappa shape index (κ1) is 19.4. The van der Waals surface area contributed by atoms with E-state index in [1.165, 1.54) is 0 Å². The van der Waals surface area contributed by atoms with Crippen molar-refractivity contribution in [1.82, 2.24) is 9.47 Å². The van der Waals surface area contributed by atoms with E-state index in [9.17, 15) is 4.79 Å². The van der Waals surface area contributed by atoms with Crippen LogP contribution < -0.4 is 5.32 Å². The minimum Gasteiger partial charge on any atom is -0.379 e. The Morgan fingerprint density at radius 2 is 2.08 bits per heavy atom. The highest BCUT2D eigenvalue weighted by atomic mass is 16.5. The molecule has 0 aliphatic carbocycles. The van der Waals surface area contributed by atoms with Crippen molar-refractivity contribution >= 4 is 22.5 Å². The molecule has 1 heterocycles. The number of carbonyl (C=O) groups excluding carboxylic acids is 1. The van der Waals surface area contributed by atoms with Gasteiger partial charge in [0.1, 0.15) is 6.10 Å². The highest BCUT2D eigenvalue weighted by molar-refractivity contribution is 5.96. The summed E-state index contributed by atoms with van der Waals surface area (Å²) in [6.07, 6.45) is 1.57. The number of ether oxygens (including phenoxy) is 2. The summed E-state index contributed by atoms with van der Waals surface area (Å²) in [6, 6.07) is 8.05. The number of likely N-dealkylation sites (N-methyl/N-ethyl adjacent to an activating group) is 1. The minimum atomic E-state index is -0.517. The van der Waals surface area contributed by atoms with Gasteiger partial charge in [0.25, 0.3) is 5.91 Å². The van der Waals surface area contributed by atoms with Gasteiger partial charge in [-0.25, -0.2) is 0 Å². The molecule has 2 rings (SSSR count). The molecule has 0 saturated carbocycles. The zero-order valence-electron chi connectivity index (χ0n) is 15.6. The SMILES string of the molecule is CCOCCO[C@@H](C)C(=O)Nc1ccc2ccn(CCN(C)C)c2c1. The van der Waals surface area contributed by atoms with E-state index in [1.807, 2.05) is 25.1 Å². The maximum absolute atomic E-state index is 12.3. The third-order valence-corrected chi connectivity index (χ3v) is 4.00. The number of benzene rings is 1. The van der Waals surface area contributed by atoms with Crippen molar-refractivity contribution in [3.63, 3.8) is 0 Å². The van der Waals surface area contributed by atoms with E-state index >= 15 is 0 Å². The molecule has 25 heavy (non-hydrogen) atoms. The molecule has 0 unspecified atom stereocenters. The summed E-state index contributed by atoms with van der Waals surface area (Å²) in [4.78, 5) is 14.4. The van der Waals surface area contributed by atoms with Gasteiger partial charge in [0.05, 0.1) is 18.7 Å². The van der Waals surface area contributed by atoms with Gasteiger partial charge in [-0.2, -0.15) is 0 Å². The number of amides is 1. The van der Waals surface area contributed by atoms with E-state index in [0.717, 1.165) is 29.7 Å². The number of anilines is 1. The van der Waals surface area contributed by atoms with Crippen LogP contribution in [0, 0.1) is 0 Å². The fourth-order valence-electron chi connectivity index (χ4n) is 2.51. The lowest BCUT2D eigenvalue weighted by Gasteiger charge is -2.14. The second-order valence-corrected chi connectivity index (χ2v) is 6.29. The summed E-state index contributed by atoms with van der Waals surface area (Å²) in [7, 11) is 4.12. The van der Waals surface area contributed by atoms with Gasteiger partial charge < -0.3 is 24.3 Å². The van der Waals surface area contributed by atoms with Gasteiger partial charge in [0, 0.05) is 31.6 Å². The quantitative estimate of drug-likeness (QED) is 0.671. The Morgan fingerprint density at radius 3 is 2.80 bits per heavy atom. The first-order chi connectivity index (χ1) is 12.0. The fourth-order valence-corrected chi connectivity index (χ4v) is 2.51. The zero-order valence-corrected chi connectivity index (χ0v) is 15.6. The maximum atomic E-state index is 12.3. The lowest BCUT2D eigenvalue weighted by atomic mass is 10.2. The van der Waals surface area contributed by atoms with Gasteiger partial charge in [-0.15, -0.1) is 0 Å². The predicted octanol–water partition coefficient (Wildman–Crippen LogP) is 2.58. The number of hydrogen-bond donors (Lipinski definition) is 1. The molecule has 6 nitrogen and oxygen atoms in total. The van der Waals surface area contributed by atoms with Crippen molar-refractivity contribution in [3.8, 4) is 0 Å². The van der Waals surface area contributed by atoms with Crippen molar-refractivity contribution in [2.24, 2.45) is 0 Å². The molecule has 1 aromatic carbocycles. The number of fused-ring (bicyclic) bond motifs is 1. The van der Waals surface area contributed by atoms with Crippen LogP contribution in [0.1, 0.15) is 13.8 Å². The summed E-state index contributed by atoms with van der Waals surface area (Å²) in [5, 5.41) is 4.09. The lowest BCUT2D eigenvalue weighted by Crippen LogP contribution is -2.28. The molecule has 1 atom stereocenters. The molecule has 2 aromatic rings. The van der Waals surface area contributed by atoms with E-state index in [4.69, 9.17) is 9.47 Å². The van der Waals surface area contributed by atoms with Crippen LogP contribution in [0.25, 0.3) is 10.9 Å². The number of hydrogen-bond acceptors (Lipinski definition) is 4. The topological polar surface area (TPSA) is 55.7 Å². The Labute approximate surface area is 149 Å². The molecule has 138 valence electrons. The van der Waals surface area contributed by atoms with Crippen LogP contribution in [0.2, 0.25) is 0 Å². The average Bonchev–Trinajstić information content (AvgIpc) is 2.99. The van der Waals surface area contributed by atoms with Crippen LogP contribution in [0.15, 0.2) is 30.5 Å². The van der Waals surface area contributed by atoms with E-state index in [2.05, 4.69) is 41.1 Å². The standard InChI is InChI=1S/C19H29N3O3/c1-5-24-12-13-25-15(2)19(23)20-17-7-6-16-8-9-22(18(16)14-17)11-10-21(3)4/h6-9,14-15H,5,10-13H2,1-4H3,(H,20,23)/t15-/m0/s1. The predicted molar refractivity (Wildman–Crippen MR) is 101 cm³/mol. The Balaban J connectivity index is 1.98. The second-order valence-electron chi connectivity index (χ2n) is 6.29. The van der Waals surface area contributed by atoms with Gasteiger partial charge >= 0.3 is 0 Å². The number of aromatic nitrogens is 1. The summed E-state index contributed by atoms with van der Waals surface area (Å²) in [6.45, 7) is 7.11. The first-order valence-corrected chi connectivity index (χ1v) is 8.75. The zero-order chi connectivity index (χ0) is 18.2. The fraction of sp³-hybridized carbons (Fsp3) is 0.526. The van der Waals surface area contributed by atoms with Crippen molar-refractivity contribution < 1.29 is 14.3 Å². The van der Waals surface area contributed by atoms with E-state index < -0.39 is 6.10 Å². The van der Waals surface area contributed by atoms with Gasteiger partial charge in [-0.05, 0) is 51.5 Å². The van der Waals surface area contributed by atoms with Crippen LogP contribution in [-0.2, 0) is 20.8 Å². The highest BCUT2D eigenvalue weighted by Gasteiger charge is 2.14. The number of carbonyl (C=O) groups is 1. The molecule has 0 aliphatic heterocycles. The molecule has 1 aromatic heterocycles. The average molecular weight is 347 g/mol. The van der Waals surface area contributed by atoms with E-state index in [1.54, 1.807) is 6.92 Å². The summed E-state index contributed by atoms with van der Waals surface area (Å²) < 4.78 is 12.9. The van der Waals surface area contributed by atoms with Crippen LogP contribution >= 0.6 is 0 Å². The summed E-state index contributed by atoms with van der Waals surface area (Å²) in [5.74, 6) is -0.151. The normalized spacial score (nSPS) is 12.7. The van der Waals surface area contributed by atoms with Crippen molar-refractivity contribution in [3.05, 3.63) is 30.5 Å². The van der Waals surface area contributed by atoms with Gasteiger partial charge in [0.15, 0.2) is 0 Å². The molecule has 1 amide bonds. The third kappa shape index (κ3) is 5.85. The second kappa shape index (κ2) is 9.56. The van der Waals surface area contributed by atoms with E-state index in [0.29, 0.717) is 19.8 Å². The molecular weight excluding hydrogens is 318 g/mol. The van der Waals surface area contributed by atoms with Crippen molar-refractivity contribution in [2.45, 2.75) is 26.5 Å². The minimum absolute atomic E-state index is 0.151. The van der Waals surface area contributed by atoms with Crippen LogP contribution in [0.5, 0.6) is 0 Å². The first-order valence-electron chi connectivity index (χ1n) is 8.75. The van der Waals surface area contributed by atoms with Crippen LogP contribution in [0.3, 0.4) is 0 Å². The number of nitrogens with one attached hydrogen (secondary N) is 1. The van der Waals surface area contributed by atoms with Gasteiger partial charge in [0.2, 0.25) is 0 Å². The Morgan fingerprint density at radius 1 is 1.28 bits per heavy atom. The summed E-state index contributed by atoms with van der Waals surface area (Å²) >= 11 is 0. The molecule has 6 heteroatoms. The molecule has 0 saturated heterocycles. The van der Waals surface area contributed by atoms with Gasteiger partial charge in [-0.3, -0.25) is 4.79 Å².